The Bertz CT molecular complexity index is 1120. The highest BCUT2D eigenvalue weighted by Gasteiger charge is 2.08. The monoisotopic (exact) mass is 358 g/mol. The lowest BCUT2D eigenvalue weighted by atomic mass is 10.1. The molecule has 0 radical (unpaired) electrons. The maximum Gasteiger partial charge on any atom is 0.335 e. The molecule has 2 aromatic carbocycles. The highest BCUT2D eigenvalue weighted by atomic mass is 16.4. The highest BCUT2D eigenvalue weighted by molar-refractivity contribution is 5.87. The van der Waals surface area contributed by atoms with Gasteiger partial charge in [0.15, 0.2) is 5.65 Å². The Labute approximate surface area is 153 Å². The molecule has 0 bridgehead atoms. The number of rotatable bonds is 5. The number of carbonyl (C=O) groups is 1. The molecule has 0 atom stereocenters. The first-order valence-electron chi connectivity index (χ1n) is 8.16. The van der Waals surface area contributed by atoms with Crippen LogP contribution in [0.3, 0.4) is 0 Å². The van der Waals surface area contributed by atoms with E-state index in [2.05, 4.69) is 25.3 Å². The number of aromatic carboxylic acids is 1. The number of nitrogens with zero attached hydrogens (tertiary/aromatic N) is 6. The van der Waals surface area contributed by atoms with Crippen LogP contribution in [-0.2, 0) is 6.54 Å². The summed E-state index contributed by atoms with van der Waals surface area (Å²) < 4.78 is 1.72. The van der Waals surface area contributed by atoms with Crippen molar-refractivity contribution in [1.29, 1.82) is 0 Å². The summed E-state index contributed by atoms with van der Waals surface area (Å²) in [6.45, 7) is 0.305. The second kappa shape index (κ2) is 7.12. The minimum Gasteiger partial charge on any atom is -0.478 e. The van der Waals surface area contributed by atoms with Crippen molar-refractivity contribution in [2.75, 3.05) is 0 Å². The maximum atomic E-state index is 10.9. The van der Waals surface area contributed by atoms with Crippen LogP contribution in [-0.4, -0.2) is 30.8 Å². The van der Waals surface area contributed by atoms with Crippen LogP contribution in [0.1, 0.15) is 15.9 Å². The molecule has 0 saturated heterocycles. The zero-order valence-electron chi connectivity index (χ0n) is 14.1. The molecular weight excluding hydrogens is 344 g/mol. The number of aromatic nitrogens is 4. The van der Waals surface area contributed by atoms with Gasteiger partial charge in [0.05, 0.1) is 29.4 Å². The quantitative estimate of drug-likeness (QED) is 0.546. The molecule has 0 aliphatic carbocycles. The van der Waals surface area contributed by atoms with Crippen molar-refractivity contribution < 1.29 is 9.90 Å². The second-order valence-electron chi connectivity index (χ2n) is 5.74. The molecule has 132 valence electrons. The summed E-state index contributed by atoms with van der Waals surface area (Å²) in [4.78, 5) is 19.5. The van der Waals surface area contributed by atoms with Crippen molar-refractivity contribution in [2.24, 2.45) is 10.2 Å². The zero-order valence-corrected chi connectivity index (χ0v) is 14.1. The Kier molecular flexibility index (Phi) is 4.36. The van der Waals surface area contributed by atoms with E-state index in [1.54, 1.807) is 29.2 Å². The largest absolute Gasteiger partial charge is 0.478 e. The van der Waals surface area contributed by atoms with Gasteiger partial charge in [-0.15, -0.1) is 5.11 Å². The SMILES string of the molecule is O=C(O)c1ccc(CN=Nc2ncc3cnn(-c4ccccc4)c3n2)cc1. The molecule has 0 aliphatic rings. The van der Waals surface area contributed by atoms with Crippen LogP contribution < -0.4 is 0 Å². The second-order valence-corrected chi connectivity index (χ2v) is 5.74. The molecule has 0 saturated carbocycles. The van der Waals surface area contributed by atoms with Gasteiger partial charge in [-0.3, -0.25) is 0 Å². The summed E-state index contributed by atoms with van der Waals surface area (Å²) in [5.41, 5.74) is 2.63. The molecule has 4 aromatic rings. The molecule has 0 unspecified atom stereocenters. The van der Waals surface area contributed by atoms with Crippen molar-refractivity contribution in [3.05, 3.63) is 78.1 Å². The number of para-hydroxylation sites is 1. The number of carboxylic acid groups (broad SMARTS) is 1. The molecular formula is C19H14N6O2. The predicted molar refractivity (Wildman–Crippen MR) is 98.3 cm³/mol. The van der Waals surface area contributed by atoms with E-state index in [4.69, 9.17) is 5.11 Å². The third kappa shape index (κ3) is 3.54. The standard InChI is InChI=1S/C19H14N6O2/c26-18(27)14-8-6-13(7-9-14)10-21-24-19-20-11-15-12-22-25(17(15)23-19)16-4-2-1-3-5-16/h1-9,11-12H,10H2,(H,26,27). The Morgan fingerprint density at radius 3 is 2.56 bits per heavy atom. The number of carboxylic acids is 1. The van der Waals surface area contributed by atoms with E-state index >= 15 is 0 Å². The number of azo groups is 1. The molecule has 0 aliphatic heterocycles. The highest BCUT2D eigenvalue weighted by Crippen LogP contribution is 2.18. The minimum atomic E-state index is -0.958. The van der Waals surface area contributed by atoms with E-state index in [0.717, 1.165) is 16.6 Å². The summed E-state index contributed by atoms with van der Waals surface area (Å²) in [7, 11) is 0. The first-order chi connectivity index (χ1) is 13.2. The lowest BCUT2D eigenvalue weighted by molar-refractivity contribution is 0.0697. The molecule has 27 heavy (non-hydrogen) atoms. The smallest absolute Gasteiger partial charge is 0.335 e. The van der Waals surface area contributed by atoms with Gasteiger partial charge in [0, 0.05) is 6.20 Å². The Balaban J connectivity index is 1.55. The topological polar surface area (TPSA) is 106 Å². The average molecular weight is 358 g/mol. The summed E-state index contributed by atoms with van der Waals surface area (Å²) >= 11 is 0. The van der Waals surface area contributed by atoms with Crippen LogP contribution in [0.25, 0.3) is 16.7 Å². The predicted octanol–water partition coefficient (Wildman–Crippen LogP) is 3.80. The summed E-state index contributed by atoms with van der Waals surface area (Å²) in [6.07, 6.45) is 3.36. The van der Waals surface area contributed by atoms with Gasteiger partial charge in [-0.25, -0.2) is 14.5 Å². The van der Waals surface area contributed by atoms with Crippen LogP contribution in [0, 0.1) is 0 Å². The molecule has 0 fully saturated rings. The van der Waals surface area contributed by atoms with Gasteiger partial charge in [-0.05, 0) is 29.8 Å². The first-order valence-corrected chi connectivity index (χ1v) is 8.16. The summed E-state index contributed by atoms with van der Waals surface area (Å²) in [6, 6.07) is 16.2. The maximum absolute atomic E-state index is 10.9. The van der Waals surface area contributed by atoms with E-state index < -0.39 is 5.97 Å². The van der Waals surface area contributed by atoms with Crippen molar-refractivity contribution in [1.82, 2.24) is 19.7 Å². The summed E-state index contributed by atoms with van der Waals surface area (Å²) in [5.74, 6) is -0.720. The third-order valence-corrected chi connectivity index (χ3v) is 3.91. The average Bonchev–Trinajstić information content (AvgIpc) is 3.12. The van der Waals surface area contributed by atoms with Crippen LogP contribution >= 0.6 is 0 Å². The number of hydrogen-bond donors (Lipinski definition) is 1. The van der Waals surface area contributed by atoms with E-state index in [1.165, 1.54) is 12.1 Å². The lowest BCUT2D eigenvalue weighted by Gasteiger charge is -2.02. The fourth-order valence-corrected chi connectivity index (χ4v) is 2.55. The molecule has 0 amide bonds. The summed E-state index contributed by atoms with van der Waals surface area (Å²) in [5, 5.41) is 22.2. The number of fused-ring (bicyclic) bond motifs is 1. The fourth-order valence-electron chi connectivity index (χ4n) is 2.55. The minimum absolute atomic E-state index is 0.235. The normalized spacial score (nSPS) is 11.3. The van der Waals surface area contributed by atoms with Crippen LogP contribution in [0.2, 0.25) is 0 Å². The molecule has 8 nitrogen and oxygen atoms in total. The van der Waals surface area contributed by atoms with E-state index in [0.29, 0.717) is 12.2 Å². The number of benzene rings is 2. The van der Waals surface area contributed by atoms with E-state index in [-0.39, 0.29) is 11.5 Å². The Morgan fingerprint density at radius 2 is 1.81 bits per heavy atom. The third-order valence-electron chi connectivity index (χ3n) is 3.91. The molecule has 4 rings (SSSR count). The lowest BCUT2D eigenvalue weighted by Crippen LogP contribution is -1.97. The van der Waals surface area contributed by atoms with Crippen LogP contribution in [0.15, 0.2) is 77.2 Å². The van der Waals surface area contributed by atoms with Crippen molar-refractivity contribution >= 4 is 23.0 Å². The molecule has 2 heterocycles. The van der Waals surface area contributed by atoms with Crippen molar-refractivity contribution in [3.8, 4) is 5.69 Å². The van der Waals surface area contributed by atoms with Crippen molar-refractivity contribution in [2.45, 2.75) is 6.54 Å². The van der Waals surface area contributed by atoms with Crippen LogP contribution in [0.5, 0.6) is 0 Å². The molecule has 8 heteroatoms. The van der Waals surface area contributed by atoms with Gasteiger partial charge in [0.1, 0.15) is 0 Å². The van der Waals surface area contributed by atoms with Gasteiger partial charge in [-0.2, -0.15) is 15.2 Å². The van der Waals surface area contributed by atoms with E-state index in [1.807, 2.05) is 30.3 Å². The van der Waals surface area contributed by atoms with Gasteiger partial charge >= 0.3 is 5.97 Å². The fraction of sp³-hybridized carbons (Fsp3) is 0.0526. The van der Waals surface area contributed by atoms with Gasteiger partial charge < -0.3 is 5.11 Å². The molecule has 0 spiro atoms. The number of hydrogen-bond acceptors (Lipinski definition) is 6. The first kappa shape index (κ1) is 16.5. The zero-order chi connectivity index (χ0) is 18.6. The van der Waals surface area contributed by atoms with Gasteiger partial charge in [-0.1, -0.05) is 30.3 Å². The van der Waals surface area contributed by atoms with Crippen LogP contribution in [0.4, 0.5) is 5.95 Å². The van der Waals surface area contributed by atoms with Crippen molar-refractivity contribution in [3.63, 3.8) is 0 Å². The van der Waals surface area contributed by atoms with E-state index in [9.17, 15) is 4.79 Å². The molecule has 2 aromatic heterocycles. The molecule has 1 N–H and O–H groups in total. The van der Waals surface area contributed by atoms with Gasteiger partial charge in [0.2, 0.25) is 0 Å². The Hall–Kier alpha value is -3.94. The Morgan fingerprint density at radius 1 is 1.04 bits per heavy atom. The van der Waals surface area contributed by atoms with Gasteiger partial charge in [0.25, 0.3) is 5.95 Å².